The van der Waals surface area contributed by atoms with Crippen LogP contribution in [0.1, 0.15) is 52.0 Å². The highest BCUT2D eigenvalue weighted by atomic mass is 16.5. The van der Waals surface area contributed by atoms with Gasteiger partial charge in [0.2, 0.25) is 0 Å². The Morgan fingerprint density at radius 3 is 1.72 bits per heavy atom. The molecule has 7 N–H and O–H groups in total. The molecule has 184 valence electrons. The maximum atomic E-state index is 11.3. The molecule has 0 aliphatic carbocycles. The fourth-order valence-corrected chi connectivity index (χ4v) is 4.75. The smallest absolute Gasteiger partial charge is 0.135 e. The van der Waals surface area contributed by atoms with Crippen LogP contribution in [0.2, 0.25) is 0 Å². The molecule has 4 aromatic rings. The van der Waals surface area contributed by atoms with Gasteiger partial charge in [-0.1, -0.05) is 24.3 Å². The largest absolute Gasteiger partial charge is 0.508 e. The van der Waals surface area contributed by atoms with Gasteiger partial charge in [0.15, 0.2) is 0 Å². The third kappa shape index (κ3) is 4.24. The van der Waals surface area contributed by atoms with Gasteiger partial charge < -0.3 is 40.5 Å². The number of benzene rings is 4. The fourth-order valence-electron chi connectivity index (χ4n) is 4.75. The van der Waals surface area contributed by atoms with E-state index in [2.05, 4.69) is 0 Å². The van der Waals surface area contributed by atoms with E-state index in [1.54, 1.807) is 12.1 Å². The van der Waals surface area contributed by atoms with Crippen molar-refractivity contribution in [2.24, 2.45) is 0 Å². The van der Waals surface area contributed by atoms with Crippen LogP contribution in [0.15, 0.2) is 78.9 Å². The number of hydrogen-bond acceptors (Lipinski definition) is 8. The molecule has 0 bridgehead atoms. The Bertz CT molecular complexity index is 1380. The third-order valence-corrected chi connectivity index (χ3v) is 6.38. The number of aromatic hydroxyl groups is 5. The zero-order valence-electron chi connectivity index (χ0n) is 18.9. The van der Waals surface area contributed by atoms with Crippen LogP contribution >= 0.6 is 0 Å². The number of ether oxygens (including phenoxy) is 1. The number of rotatable bonds is 5. The molecule has 0 saturated heterocycles. The second-order valence-electron chi connectivity index (χ2n) is 8.82. The van der Waals surface area contributed by atoms with Crippen molar-refractivity contribution in [3.8, 4) is 34.5 Å². The average molecular weight is 488 g/mol. The summed E-state index contributed by atoms with van der Waals surface area (Å²) < 4.78 is 6.22. The lowest BCUT2D eigenvalue weighted by atomic mass is 9.80. The van der Waals surface area contributed by atoms with E-state index in [9.17, 15) is 35.7 Å². The van der Waals surface area contributed by atoms with Gasteiger partial charge in [0, 0.05) is 17.7 Å². The van der Waals surface area contributed by atoms with E-state index in [1.165, 1.54) is 66.7 Å². The molecule has 8 heteroatoms. The first kappa shape index (κ1) is 23.3. The lowest BCUT2D eigenvalue weighted by Crippen LogP contribution is -2.15. The van der Waals surface area contributed by atoms with Gasteiger partial charge in [-0.3, -0.25) is 0 Å². The number of aliphatic hydroxyl groups is 2. The summed E-state index contributed by atoms with van der Waals surface area (Å²) in [6.45, 7) is 0. The standard InChI is InChI=1S/C28H24O8/c29-17-5-1-14(2-6-17)26(34)27(35)22-12-21(33)13-23-25(22)24(16-9-19(31)11-20(32)10-16)28(36-23)15-3-7-18(30)8-4-15/h1-13,24,26-35H/t24-,26?,27?,28+/m0/s1. The molecule has 0 amide bonds. The monoisotopic (exact) mass is 488 g/mol. The van der Waals surface area contributed by atoms with Gasteiger partial charge in [-0.15, -0.1) is 0 Å². The Morgan fingerprint density at radius 1 is 0.556 bits per heavy atom. The molecule has 1 aliphatic heterocycles. The average Bonchev–Trinajstić information content (AvgIpc) is 3.22. The van der Waals surface area contributed by atoms with Gasteiger partial charge >= 0.3 is 0 Å². The van der Waals surface area contributed by atoms with Crippen LogP contribution in [0.4, 0.5) is 0 Å². The zero-order valence-corrected chi connectivity index (χ0v) is 18.9. The number of phenolic OH excluding ortho intramolecular Hbond substituents is 5. The summed E-state index contributed by atoms with van der Waals surface area (Å²) in [7, 11) is 0. The van der Waals surface area contributed by atoms with E-state index >= 15 is 0 Å². The van der Waals surface area contributed by atoms with Crippen LogP contribution in [0.5, 0.6) is 34.5 Å². The third-order valence-electron chi connectivity index (χ3n) is 6.38. The Kier molecular flexibility index (Phi) is 5.83. The molecule has 0 fully saturated rings. The molecule has 36 heavy (non-hydrogen) atoms. The van der Waals surface area contributed by atoms with Crippen molar-refractivity contribution in [1.29, 1.82) is 0 Å². The van der Waals surface area contributed by atoms with Crippen LogP contribution in [0, 0.1) is 0 Å². The molecule has 1 heterocycles. The van der Waals surface area contributed by atoms with E-state index < -0.39 is 24.2 Å². The van der Waals surface area contributed by atoms with Gasteiger partial charge in [0.25, 0.3) is 0 Å². The van der Waals surface area contributed by atoms with Gasteiger partial charge in [-0.05, 0) is 64.7 Å². The number of phenols is 5. The van der Waals surface area contributed by atoms with Gasteiger partial charge in [-0.2, -0.15) is 0 Å². The number of fused-ring (bicyclic) bond motifs is 1. The van der Waals surface area contributed by atoms with Gasteiger partial charge in [0.1, 0.15) is 52.8 Å². The van der Waals surface area contributed by atoms with E-state index in [-0.39, 0.29) is 40.1 Å². The summed E-state index contributed by atoms with van der Waals surface area (Å²) >= 11 is 0. The molecule has 0 saturated carbocycles. The molecule has 4 atom stereocenters. The Labute approximate surface area is 206 Å². The normalized spacial score (nSPS) is 18.3. The highest BCUT2D eigenvalue weighted by Gasteiger charge is 2.41. The van der Waals surface area contributed by atoms with Crippen LogP contribution in [-0.4, -0.2) is 35.7 Å². The Hall–Kier alpha value is -4.40. The summed E-state index contributed by atoms with van der Waals surface area (Å²) in [5, 5.41) is 72.3. The summed E-state index contributed by atoms with van der Waals surface area (Å²) in [5.74, 6) is -0.878. The number of hydrogen-bond donors (Lipinski definition) is 7. The molecule has 4 aromatic carbocycles. The fraction of sp³-hybridized carbons (Fsp3) is 0.143. The second-order valence-corrected chi connectivity index (χ2v) is 8.82. The van der Waals surface area contributed by atoms with Gasteiger partial charge in [0.05, 0.1) is 5.92 Å². The first-order valence-electron chi connectivity index (χ1n) is 11.2. The molecule has 5 rings (SSSR count). The minimum atomic E-state index is -1.49. The van der Waals surface area contributed by atoms with Crippen molar-refractivity contribution in [2.75, 3.05) is 0 Å². The highest BCUT2D eigenvalue weighted by molar-refractivity contribution is 5.58. The SMILES string of the molecule is Oc1ccc(C(O)C(O)c2cc(O)cc3c2[C@H](c2cc(O)cc(O)c2)[C@@H](c2ccc(O)cc2)O3)cc1. The minimum absolute atomic E-state index is 0.00702. The Morgan fingerprint density at radius 2 is 1.11 bits per heavy atom. The molecule has 1 aliphatic rings. The van der Waals surface area contributed by atoms with E-state index in [4.69, 9.17) is 4.74 Å². The van der Waals surface area contributed by atoms with E-state index in [0.717, 1.165) is 0 Å². The lowest BCUT2D eigenvalue weighted by Gasteiger charge is -2.25. The van der Waals surface area contributed by atoms with Crippen molar-refractivity contribution in [3.63, 3.8) is 0 Å². The molecule has 2 unspecified atom stereocenters. The predicted octanol–water partition coefficient (Wildman–Crippen LogP) is 4.25. The summed E-state index contributed by atoms with van der Waals surface area (Å²) in [6, 6.07) is 18.9. The van der Waals surface area contributed by atoms with Crippen LogP contribution < -0.4 is 4.74 Å². The number of aliphatic hydroxyl groups excluding tert-OH is 2. The second kappa shape index (κ2) is 8.99. The summed E-state index contributed by atoms with van der Waals surface area (Å²) in [6.07, 6.45) is -3.60. The van der Waals surface area contributed by atoms with E-state index in [1.807, 2.05) is 0 Å². The highest BCUT2D eigenvalue weighted by Crippen LogP contribution is 2.54. The van der Waals surface area contributed by atoms with Crippen LogP contribution in [-0.2, 0) is 0 Å². The van der Waals surface area contributed by atoms with Crippen molar-refractivity contribution in [2.45, 2.75) is 24.2 Å². The maximum absolute atomic E-state index is 11.3. The van der Waals surface area contributed by atoms with Crippen molar-refractivity contribution in [3.05, 3.63) is 107 Å². The van der Waals surface area contributed by atoms with Crippen LogP contribution in [0.3, 0.4) is 0 Å². The first-order valence-corrected chi connectivity index (χ1v) is 11.2. The first-order chi connectivity index (χ1) is 17.2. The molecule has 8 nitrogen and oxygen atoms in total. The topological polar surface area (TPSA) is 151 Å². The van der Waals surface area contributed by atoms with Crippen LogP contribution in [0.25, 0.3) is 0 Å². The molecular formula is C28H24O8. The lowest BCUT2D eigenvalue weighted by molar-refractivity contribution is 0.0165. The predicted molar refractivity (Wildman–Crippen MR) is 129 cm³/mol. The summed E-state index contributed by atoms with van der Waals surface area (Å²) in [4.78, 5) is 0. The zero-order chi connectivity index (χ0) is 25.6. The van der Waals surface area contributed by atoms with Crippen molar-refractivity contribution >= 4 is 0 Å². The van der Waals surface area contributed by atoms with Gasteiger partial charge in [-0.25, -0.2) is 0 Å². The van der Waals surface area contributed by atoms with E-state index in [0.29, 0.717) is 22.3 Å². The van der Waals surface area contributed by atoms with Crippen molar-refractivity contribution in [1.82, 2.24) is 0 Å². The Balaban J connectivity index is 1.67. The quantitative estimate of drug-likeness (QED) is 0.220. The minimum Gasteiger partial charge on any atom is -0.508 e. The molecular weight excluding hydrogens is 464 g/mol. The maximum Gasteiger partial charge on any atom is 0.135 e. The van der Waals surface area contributed by atoms with Crippen molar-refractivity contribution < 1.29 is 40.5 Å². The molecule has 0 radical (unpaired) electrons. The summed E-state index contributed by atoms with van der Waals surface area (Å²) in [5.41, 5.74) is 2.14. The molecule has 0 aromatic heterocycles. The molecule has 0 spiro atoms.